The maximum absolute atomic E-state index is 16.1. The highest BCUT2D eigenvalue weighted by Gasteiger charge is 2.65. The summed E-state index contributed by atoms with van der Waals surface area (Å²) >= 11 is 0. The van der Waals surface area contributed by atoms with Crippen LogP contribution in [0.4, 0.5) is 10.1 Å². The number of phenolic OH excluding ortho intramolecular Hbond substituents is 1. The van der Waals surface area contributed by atoms with Crippen LogP contribution in [-0.2, 0) is 30.3 Å². The third kappa shape index (κ3) is 4.87. The molecule has 5 N–H and O–H groups in total. The van der Waals surface area contributed by atoms with E-state index >= 15 is 4.39 Å². The van der Waals surface area contributed by atoms with Crippen LogP contribution < -0.4 is 10.6 Å². The zero-order chi connectivity index (χ0) is 34.4. The number of hydrogen-bond acceptors (Lipinski definition) is 10. The van der Waals surface area contributed by atoms with Crippen molar-refractivity contribution in [2.24, 2.45) is 29.4 Å². The van der Waals surface area contributed by atoms with Crippen LogP contribution in [0.15, 0.2) is 23.0 Å². The van der Waals surface area contributed by atoms with Gasteiger partial charge in [-0.05, 0) is 83.2 Å². The number of aliphatic hydroxyl groups is 2. The number of aromatic hydroxyl groups is 1. The normalized spacial score (nSPS) is 30.6. The van der Waals surface area contributed by atoms with Gasteiger partial charge < -0.3 is 30.7 Å². The zero-order valence-corrected chi connectivity index (χ0v) is 27.5. The fourth-order valence-corrected chi connectivity index (χ4v) is 8.81. The predicted molar refractivity (Wildman–Crippen MR) is 171 cm³/mol. The number of aliphatic hydroxyl groups excluding tert-OH is 2. The van der Waals surface area contributed by atoms with Crippen molar-refractivity contribution in [3.63, 3.8) is 0 Å². The van der Waals surface area contributed by atoms with Crippen LogP contribution in [0.3, 0.4) is 0 Å². The first-order chi connectivity index (χ1) is 22.8. The van der Waals surface area contributed by atoms with E-state index in [1.165, 1.54) is 9.80 Å². The molecule has 5 atom stereocenters. The molecule has 1 heterocycles. The highest BCUT2D eigenvalue weighted by Crippen LogP contribution is 2.55. The van der Waals surface area contributed by atoms with Crippen LogP contribution in [-0.4, -0.2) is 107 Å². The van der Waals surface area contributed by atoms with Crippen LogP contribution in [0.5, 0.6) is 5.75 Å². The Morgan fingerprint density at radius 3 is 2.29 bits per heavy atom. The van der Waals surface area contributed by atoms with Gasteiger partial charge in [0, 0.05) is 49.9 Å². The van der Waals surface area contributed by atoms with Crippen molar-refractivity contribution in [1.29, 1.82) is 0 Å². The number of nitrogens with two attached hydrogens (primary N) is 1. The van der Waals surface area contributed by atoms with E-state index in [0.29, 0.717) is 24.7 Å². The molecule has 1 aromatic rings. The second kappa shape index (κ2) is 11.7. The van der Waals surface area contributed by atoms with Crippen LogP contribution in [0.2, 0.25) is 0 Å². The third-order valence-corrected chi connectivity index (χ3v) is 11.5. The number of Topliss-reactive ketones (excluding diaryl/α,β-unsaturated/α-hetero) is 2. The molecule has 3 saturated carbocycles. The van der Waals surface area contributed by atoms with Crippen molar-refractivity contribution in [2.45, 2.75) is 69.1 Å². The van der Waals surface area contributed by atoms with Crippen LogP contribution >= 0.6 is 0 Å². The number of benzene rings is 1. The zero-order valence-electron chi connectivity index (χ0n) is 27.5. The largest absolute Gasteiger partial charge is 0.508 e. The number of carbonyl (C=O) groups excluding carboxylic acids is 4. The van der Waals surface area contributed by atoms with Crippen molar-refractivity contribution in [1.82, 2.24) is 9.80 Å². The predicted octanol–water partition coefficient (Wildman–Crippen LogP) is 2.37. The monoisotopic (exact) mass is 666 g/mol. The molecule has 12 nitrogen and oxygen atoms in total. The Labute approximate surface area is 278 Å². The van der Waals surface area contributed by atoms with Crippen molar-refractivity contribution in [3.8, 4) is 5.75 Å². The minimum atomic E-state index is -2.25. The van der Waals surface area contributed by atoms with Gasteiger partial charge >= 0.3 is 0 Å². The second-order valence-corrected chi connectivity index (χ2v) is 14.7. The molecule has 48 heavy (non-hydrogen) atoms. The molecule has 0 spiro atoms. The van der Waals surface area contributed by atoms with Gasteiger partial charge in [0.05, 0.1) is 23.3 Å². The van der Waals surface area contributed by atoms with Gasteiger partial charge in [-0.2, -0.15) is 0 Å². The summed E-state index contributed by atoms with van der Waals surface area (Å²) in [5.74, 6) is -6.73. The Morgan fingerprint density at radius 2 is 1.73 bits per heavy atom. The highest BCUT2D eigenvalue weighted by molar-refractivity contribution is 6.24. The number of methoxy groups -OCH3 is 1. The first kappa shape index (κ1) is 32.7. The Morgan fingerprint density at radius 1 is 1.08 bits per heavy atom. The second-order valence-electron chi connectivity index (χ2n) is 14.7. The van der Waals surface area contributed by atoms with E-state index in [1.807, 2.05) is 0 Å². The van der Waals surface area contributed by atoms with E-state index in [1.54, 1.807) is 14.1 Å². The minimum Gasteiger partial charge on any atom is -0.508 e. The SMILES string of the molecule is CO[C@]12C(=O)C3=C(O)c4c(O)c(N5CCC[C@H](N(CC6CC6)CC6CC6)C5=O)cc(F)c4C[C@H]3C[C@H]1[C@H](N(C)C)C(=O)C(C(N)=O)=C2O. The lowest BCUT2D eigenvalue weighted by Gasteiger charge is -2.51. The van der Waals surface area contributed by atoms with Gasteiger partial charge in [0.2, 0.25) is 11.7 Å². The summed E-state index contributed by atoms with van der Waals surface area (Å²) in [6, 6.07) is -0.375. The van der Waals surface area contributed by atoms with Gasteiger partial charge in [0.15, 0.2) is 17.1 Å². The lowest BCUT2D eigenvalue weighted by molar-refractivity contribution is -0.159. The molecule has 13 heteroatoms. The van der Waals surface area contributed by atoms with E-state index in [9.17, 15) is 34.5 Å². The minimum absolute atomic E-state index is 0.00479. The number of fused-ring (bicyclic) bond motifs is 3. The average Bonchev–Trinajstić information content (AvgIpc) is 3.96. The number of phenols is 1. The van der Waals surface area contributed by atoms with Crippen molar-refractivity contribution >= 4 is 34.8 Å². The third-order valence-electron chi connectivity index (χ3n) is 11.5. The lowest BCUT2D eigenvalue weighted by atomic mass is 9.57. The Balaban J connectivity index is 1.30. The maximum Gasteiger partial charge on any atom is 0.255 e. The molecular formula is C35H43FN4O8. The number of primary amides is 1. The Kier molecular flexibility index (Phi) is 7.95. The fourth-order valence-electron chi connectivity index (χ4n) is 8.81. The number of nitrogens with zero attached hydrogens (tertiary/aromatic N) is 3. The number of halogens is 1. The van der Waals surface area contributed by atoms with Crippen molar-refractivity contribution in [2.75, 3.05) is 45.7 Å². The first-order valence-electron chi connectivity index (χ1n) is 16.9. The molecule has 6 aliphatic rings. The summed E-state index contributed by atoms with van der Waals surface area (Å²) in [4.78, 5) is 59.5. The summed E-state index contributed by atoms with van der Waals surface area (Å²) in [5, 5.41) is 34.8. The number of likely N-dealkylation sites (N-methyl/N-ethyl adjacent to an activating group) is 1. The molecule has 2 amide bonds. The summed E-state index contributed by atoms with van der Waals surface area (Å²) in [7, 11) is 4.31. The topological polar surface area (TPSA) is 174 Å². The lowest BCUT2D eigenvalue weighted by Crippen LogP contribution is -2.66. The molecule has 7 rings (SSSR count). The van der Waals surface area contributed by atoms with Gasteiger partial charge in [-0.25, -0.2) is 4.39 Å². The van der Waals surface area contributed by atoms with E-state index in [2.05, 4.69) is 4.90 Å². The standard InChI is InChI=1S/C35H43FN4O8/c1-38(2)27-20-12-18-11-19-21(36)13-23(40-10-4-5-22(34(40)47)39(14-16-6-7-16)15-17-8-9-17)28(41)25(19)29(42)24(18)31(44)35(20,48-3)32(45)26(30(27)43)33(37)46/h13,16-18,20,22,27,41-42,45H,4-12,14-15H2,1-3H3,(H2,37,46)/t18-,20-,22-,27-,35-/m0/s1. The molecule has 1 aromatic carbocycles. The molecule has 5 aliphatic carbocycles. The number of hydrogen-bond donors (Lipinski definition) is 4. The number of anilines is 1. The fraction of sp³-hybridized carbons (Fsp3) is 0.600. The smallest absolute Gasteiger partial charge is 0.255 e. The van der Waals surface area contributed by atoms with Gasteiger partial charge in [-0.1, -0.05) is 0 Å². The Hall–Kier alpha value is -3.81. The quantitative estimate of drug-likeness (QED) is 0.287. The number of amides is 2. The van der Waals surface area contributed by atoms with Crippen molar-refractivity contribution in [3.05, 3.63) is 39.9 Å². The van der Waals surface area contributed by atoms with Crippen molar-refractivity contribution < 1.29 is 43.6 Å². The summed E-state index contributed by atoms with van der Waals surface area (Å²) in [5.41, 5.74) is 1.86. The van der Waals surface area contributed by atoms with E-state index in [4.69, 9.17) is 10.5 Å². The highest BCUT2D eigenvalue weighted by atomic mass is 19.1. The molecular weight excluding hydrogens is 623 g/mol. The van der Waals surface area contributed by atoms with Gasteiger partial charge in [0.25, 0.3) is 5.91 Å². The maximum atomic E-state index is 16.1. The molecule has 4 fully saturated rings. The Bertz CT molecular complexity index is 1670. The number of ketones is 2. The summed E-state index contributed by atoms with van der Waals surface area (Å²) < 4.78 is 21.8. The van der Waals surface area contributed by atoms with E-state index < -0.39 is 75.7 Å². The molecule has 0 unspecified atom stereocenters. The van der Waals surface area contributed by atoms with Crippen LogP contribution in [0.1, 0.15) is 56.1 Å². The number of rotatable bonds is 9. The number of carbonyl (C=O) groups is 4. The summed E-state index contributed by atoms with van der Waals surface area (Å²) in [6.07, 6.45) is 5.77. The number of ether oxygens (including phenoxy) is 1. The van der Waals surface area contributed by atoms with Crippen LogP contribution in [0, 0.1) is 29.5 Å². The van der Waals surface area contributed by atoms with E-state index in [-0.39, 0.29) is 47.7 Å². The molecule has 0 aromatic heterocycles. The van der Waals surface area contributed by atoms with E-state index in [0.717, 1.165) is 51.9 Å². The molecule has 1 aliphatic heterocycles. The average molecular weight is 667 g/mol. The molecule has 0 radical (unpaired) electrons. The molecule has 258 valence electrons. The molecule has 0 bridgehead atoms. The first-order valence-corrected chi connectivity index (χ1v) is 16.9. The van der Waals surface area contributed by atoms with Gasteiger partial charge in [0.1, 0.15) is 22.9 Å². The van der Waals surface area contributed by atoms with Crippen LogP contribution in [0.25, 0.3) is 5.76 Å². The van der Waals surface area contributed by atoms with Gasteiger partial charge in [-0.3, -0.25) is 29.0 Å². The van der Waals surface area contributed by atoms with Gasteiger partial charge in [-0.15, -0.1) is 0 Å². The summed E-state index contributed by atoms with van der Waals surface area (Å²) in [6.45, 7) is 1.93. The molecule has 1 saturated heterocycles. The number of piperidine rings is 1.